The molecule has 3 rings (SSSR count). The molecule has 0 radical (unpaired) electrons. The number of nitrogen functional groups attached to an aromatic ring is 1. The predicted molar refractivity (Wildman–Crippen MR) is 91.2 cm³/mol. The van der Waals surface area contributed by atoms with Gasteiger partial charge in [0.05, 0.1) is 10.6 Å². The van der Waals surface area contributed by atoms with Crippen molar-refractivity contribution < 1.29 is 9.53 Å². The third-order valence-electron chi connectivity index (χ3n) is 3.17. The molecular weight excluding hydrogens is 310 g/mol. The van der Waals surface area contributed by atoms with Crippen LogP contribution in [-0.4, -0.2) is 15.9 Å². The van der Waals surface area contributed by atoms with Crippen LogP contribution < -0.4 is 10.5 Å². The maximum atomic E-state index is 11.2. The zero-order chi connectivity index (χ0) is 16.4. The van der Waals surface area contributed by atoms with E-state index in [-0.39, 0.29) is 0 Å². The lowest BCUT2D eigenvalue weighted by Crippen LogP contribution is -2.00. The number of nitrogens with zero attached hydrogens (tertiary/aromatic N) is 2. The van der Waals surface area contributed by atoms with Gasteiger partial charge in [0, 0.05) is 18.7 Å². The van der Waals surface area contributed by atoms with Gasteiger partial charge in [-0.1, -0.05) is 35.1 Å². The summed E-state index contributed by atoms with van der Waals surface area (Å²) in [6.07, 6.45) is 1.65. The van der Waals surface area contributed by atoms with Crippen LogP contribution in [0.5, 0.6) is 5.19 Å². The third kappa shape index (κ3) is 3.37. The Hall–Kier alpha value is -2.73. The van der Waals surface area contributed by atoms with Crippen LogP contribution in [0.2, 0.25) is 0 Å². The molecule has 5 nitrogen and oxygen atoms in total. The van der Waals surface area contributed by atoms with E-state index in [9.17, 15) is 4.79 Å². The van der Waals surface area contributed by atoms with Crippen LogP contribution in [0.3, 0.4) is 0 Å². The van der Waals surface area contributed by atoms with E-state index in [0.29, 0.717) is 11.0 Å². The highest BCUT2D eigenvalue weighted by atomic mass is 32.1. The van der Waals surface area contributed by atoms with E-state index in [1.165, 1.54) is 18.3 Å². The molecular formula is C17H15N3O2S. The van der Waals surface area contributed by atoms with E-state index in [1.54, 1.807) is 12.3 Å². The highest BCUT2D eigenvalue weighted by Gasteiger charge is 2.17. The normalized spacial score (nSPS) is 10.5. The van der Waals surface area contributed by atoms with Gasteiger partial charge in [0.2, 0.25) is 0 Å². The number of esters is 1. The van der Waals surface area contributed by atoms with Crippen LogP contribution in [0.15, 0.2) is 42.6 Å². The van der Waals surface area contributed by atoms with E-state index in [4.69, 9.17) is 10.5 Å². The number of pyridine rings is 1. The molecule has 0 spiro atoms. The quantitative estimate of drug-likeness (QED) is 0.743. The van der Waals surface area contributed by atoms with Crippen molar-refractivity contribution in [3.8, 4) is 26.9 Å². The average Bonchev–Trinajstić information content (AvgIpc) is 2.90. The lowest BCUT2D eigenvalue weighted by atomic mass is 10.1. The fraction of sp³-hybridized carbons (Fsp3) is 0.118. The second-order valence-corrected chi connectivity index (χ2v) is 6.05. The van der Waals surface area contributed by atoms with Crippen LogP contribution in [0.1, 0.15) is 12.5 Å². The summed E-state index contributed by atoms with van der Waals surface area (Å²) in [7, 11) is 0. The molecule has 0 bridgehead atoms. The lowest BCUT2D eigenvalue weighted by molar-refractivity contribution is -0.131. The van der Waals surface area contributed by atoms with E-state index in [2.05, 4.69) is 9.97 Å². The molecule has 0 fully saturated rings. The molecule has 0 amide bonds. The molecule has 1 aromatic carbocycles. The number of nitrogens with two attached hydrogens (primary N) is 1. The average molecular weight is 325 g/mol. The predicted octanol–water partition coefficient (Wildman–Crippen LogP) is 3.69. The Labute approximate surface area is 137 Å². The SMILES string of the molecule is CC(=O)Oc1nc(-c2cccc(C)c2)c(-c2ccnc(N)c2)s1. The molecule has 0 aliphatic rings. The molecule has 6 heteroatoms. The van der Waals surface area contributed by atoms with Gasteiger partial charge in [-0.25, -0.2) is 9.97 Å². The molecule has 0 saturated heterocycles. The van der Waals surface area contributed by atoms with Crippen molar-refractivity contribution in [3.63, 3.8) is 0 Å². The number of hydrogen-bond donors (Lipinski definition) is 1. The van der Waals surface area contributed by atoms with Crippen molar-refractivity contribution in [3.05, 3.63) is 48.2 Å². The van der Waals surface area contributed by atoms with Gasteiger partial charge in [0.25, 0.3) is 5.19 Å². The number of benzene rings is 1. The maximum Gasteiger partial charge on any atom is 0.309 e. The molecule has 0 saturated carbocycles. The van der Waals surface area contributed by atoms with Gasteiger partial charge in [0.1, 0.15) is 5.82 Å². The minimum Gasteiger partial charge on any atom is -0.398 e. The number of thiazole rings is 1. The molecule has 0 unspecified atom stereocenters. The molecule has 0 aliphatic heterocycles. The first-order chi connectivity index (χ1) is 11.0. The Bertz CT molecular complexity index is 811. The monoisotopic (exact) mass is 325 g/mol. The number of ether oxygens (including phenoxy) is 1. The van der Waals surface area contributed by atoms with E-state index < -0.39 is 5.97 Å². The molecule has 116 valence electrons. The first-order valence-corrected chi connectivity index (χ1v) is 7.83. The standard InChI is InChI=1S/C17H15N3O2S/c1-10-4-3-5-12(8-10)15-16(13-6-7-19-14(18)9-13)23-17(20-15)22-11(2)21/h3-9H,1-2H3,(H2,18,19). The minimum atomic E-state index is -0.393. The van der Waals surface area contributed by atoms with Crippen molar-refractivity contribution in [2.75, 3.05) is 5.73 Å². The first-order valence-electron chi connectivity index (χ1n) is 7.01. The fourth-order valence-corrected chi connectivity index (χ4v) is 3.22. The Morgan fingerprint density at radius 3 is 2.74 bits per heavy atom. The number of carbonyl (C=O) groups is 1. The highest BCUT2D eigenvalue weighted by molar-refractivity contribution is 7.17. The second kappa shape index (κ2) is 6.18. The van der Waals surface area contributed by atoms with Gasteiger partial charge in [0.15, 0.2) is 0 Å². The molecule has 0 atom stereocenters. The number of aromatic nitrogens is 2. The van der Waals surface area contributed by atoms with Crippen LogP contribution in [0.25, 0.3) is 21.7 Å². The largest absolute Gasteiger partial charge is 0.398 e. The van der Waals surface area contributed by atoms with Crippen LogP contribution in [-0.2, 0) is 4.79 Å². The van der Waals surface area contributed by atoms with E-state index in [1.807, 2.05) is 37.3 Å². The Kier molecular flexibility index (Phi) is 4.08. The minimum absolute atomic E-state index is 0.319. The molecule has 0 aliphatic carbocycles. The summed E-state index contributed by atoms with van der Waals surface area (Å²) >= 11 is 1.31. The topological polar surface area (TPSA) is 78.1 Å². The maximum absolute atomic E-state index is 11.2. The van der Waals surface area contributed by atoms with Crippen molar-refractivity contribution in [1.82, 2.24) is 9.97 Å². The Balaban J connectivity index is 2.16. The Morgan fingerprint density at radius 1 is 1.22 bits per heavy atom. The third-order valence-corrected chi connectivity index (χ3v) is 4.16. The summed E-state index contributed by atoms with van der Waals surface area (Å²) in [4.78, 5) is 20.6. The summed E-state index contributed by atoms with van der Waals surface area (Å²) in [6, 6.07) is 11.7. The van der Waals surface area contributed by atoms with Gasteiger partial charge in [-0.05, 0) is 30.7 Å². The summed E-state index contributed by atoms with van der Waals surface area (Å²) in [5.41, 5.74) is 9.53. The van der Waals surface area contributed by atoms with Crippen molar-refractivity contribution in [1.29, 1.82) is 0 Å². The summed E-state index contributed by atoms with van der Waals surface area (Å²) in [6.45, 7) is 3.38. The van der Waals surface area contributed by atoms with Gasteiger partial charge in [-0.3, -0.25) is 4.79 Å². The van der Waals surface area contributed by atoms with Gasteiger partial charge in [-0.2, -0.15) is 0 Å². The summed E-state index contributed by atoms with van der Waals surface area (Å²) in [5, 5.41) is 0.319. The molecule has 2 heterocycles. The smallest absolute Gasteiger partial charge is 0.309 e. The van der Waals surface area contributed by atoms with Crippen LogP contribution in [0.4, 0.5) is 5.82 Å². The number of hydrogen-bond acceptors (Lipinski definition) is 6. The zero-order valence-corrected chi connectivity index (χ0v) is 13.6. The summed E-state index contributed by atoms with van der Waals surface area (Å²) < 4.78 is 5.16. The number of anilines is 1. The number of rotatable bonds is 3. The molecule has 23 heavy (non-hydrogen) atoms. The zero-order valence-electron chi connectivity index (χ0n) is 12.7. The van der Waals surface area contributed by atoms with Gasteiger partial charge in [-0.15, -0.1) is 0 Å². The second-order valence-electron chi connectivity index (χ2n) is 5.09. The fourth-order valence-electron chi connectivity index (χ4n) is 2.24. The van der Waals surface area contributed by atoms with Gasteiger partial charge >= 0.3 is 5.97 Å². The summed E-state index contributed by atoms with van der Waals surface area (Å²) in [5.74, 6) is 0.0375. The molecule has 3 aromatic rings. The van der Waals surface area contributed by atoms with Crippen molar-refractivity contribution in [2.24, 2.45) is 0 Å². The van der Waals surface area contributed by atoms with Gasteiger partial charge < -0.3 is 10.5 Å². The van der Waals surface area contributed by atoms with Crippen molar-refractivity contribution >= 4 is 23.1 Å². The number of aryl methyl sites for hydroxylation is 1. The van der Waals surface area contributed by atoms with E-state index in [0.717, 1.165) is 27.3 Å². The lowest BCUT2D eigenvalue weighted by Gasteiger charge is -2.04. The van der Waals surface area contributed by atoms with Crippen molar-refractivity contribution in [2.45, 2.75) is 13.8 Å². The Morgan fingerprint density at radius 2 is 2.04 bits per heavy atom. The van der Waals surface area contributed by atoms with Crippen LogP contribution >= 0.6 is 11.3 Å². The van der Waals surface area contributed by atoms with E-state index >= 15 is 0 Å². The highest BCUT2D eigenvalue weighted by Crippen LogP contribution is 2.40. The van der Waals surface area contributed by atoms with Crippen LogP contribution in [0, 0.1) is 6.92 Å². The molecule has 2 N–H and O–H groups in total. The number of carbonyl (C=O) groups excluding carboxylic acids is 1. The first kappa shape index (κ1) is 15.2. The molecule has 2 aromatic heterocycles.